The molecular weight excluding hydrogens is 178 g/mol. The summed E-state index contributed by atoms with van der Waals surface area (Å²) in [5, 5.41) is 16.9. The number of hydrogen-bond donors (Lipinski definition) is 1. The van der Waals surface area contributed by atoms with E-state index in [2.05, 4.69) is 17.1 Å². The number of aliphatic hydroxyl groups is 1. The second-order valence-electron chi connectivity index (χ2n) is 4.14. The number of aliphatic hydroxyl groups excluding tert-OH is 1. The molecular formula is C10H17N3O. The van der Waals surface area contributed by atoms with E-state index < -0.39 is 0 Å². The molecule has 1 aliphatic rings. The Morgan fingerprint density at radius 1 is 1.50 bits per heavy atom. The molecule has 0 spiro atoms. The van der Waals surface area contributed by atoms with Crippen LogP contribution in [0.4, 0.5) is 0 Å². The first-order valence-corrected chi connectivity index (χ1v) is 5.32. The van der Waals surface area contributed by atoms with Gasteiger partial charge in [-0.3, -0.25) is 0 Å². The van der Waals surface area contributed by atoms with Crippen LogP contribution in [0, 0.1) is 5.92 Å². The van der Waals surface area contributed by atoms with E-state index in [-0.39, 0.29) is 6.61 Å². The van der Waals surface area contributed by atoms with Crippen molar-refractivity contribution in [3.63, 3.8) is 0 Å². The van der Waals surface area contributed by atoms with Crippen LogP contribution in [0.2, 0.25) is 0 Å². The second kappa shape index (κ2) is 4.09. The Balaban J connectivity index is 2.20. The number of hydrogen-bond acceptors (Lipinski definition) is 3. The molecule has 0 aliphatic heterocycles. The predicted octanol–water partition coefficient (Wildman–Crippen LogP) is 1.52. The van der Waals surface area contributed by atoms with Crippen LogP contribution in [0.25, 0.3) is 0 Å². The minimum absolute atomic E-state index is 0.0107. The lowest BCUT2D eigenvalue weighted by Gasteiger charge is -2.30. The maximum absolute atomic E-state index is 9.10. The molecule has 0 saturated heterocycles. The van der Waals surface area contributed by atoms with Gasteiger partial charge in [0.2, 0.25) is 0 Å². The van der Waals surface area contributed by atoms with Gasteiger partial charge in [-0.2, -0.15) is 0 Å². The van der Waals surface area contributed by atoms with Gasteiger partial charge in [0.1, 0.15) is 12.9 Å². The summed E-state index contributed by atoms with van der Waals surface area (Å²) in [5.74, 6) is 1.37. The predicted molar refractivity (Wildman–Crippen MR) is 52.6 cm³/mol. The molecule has 2 atom stereocenters. The van der Waals surface area contributed by atoms with Crippen molar-refractivity contribution < 1.29 is 5.11 Å². The van der Waals surface area contributed by atoms with Gasteiger partial charge in [-0.1, -0.05) is 19.8 Å². The lowest BCUT2D eigenvalue weighted by molar-refractivity contribution is 0.222. The molecule has 1 aromatic rings. The molecule has 78 valence electrons. The maximum Gasteiger partial charge on any atom is 0.158 e. The fraction of sp³-hybridized carbons (Fsp3) is 0.800. The molecule has 0 aromatic carbocycles. The number of nitrogens with zero attached hydrogens (tertiary/aromatic N) is 3. The lowest BCUT2D eigenvalue weighted by Crippen LogP contribution is -2.22. The summed E-state index contributed by atoms with van der Waals surface area (Å²) in [7, 11) is 0. The minimum Gasteiger partial charge on any atom is -0.388 e. The van der Waals surface area contributed by atoms with Gasteiger partial charge in [0.05, 0.1) is 0 Å². The summed E-state index contributed by atoms with van der Waals surface area (Å²) in [6.07, 6.45) is 6.81. The van der Waals surface area contributed by atoms with Crippen LogP contribution in [-0.4, -0.2) is 19.9 Å². The van der Waals surface area contributed by atoms with E-state index in [9.17, 15) is 0 Å². The third-order valence-electron chi connectivity index (χ3n) is 3.21. The highest BCUT2D eigenvalue weighted by Gasteiger charge is 2.24. The Morgan fingerprint density at radius 2 is 2.29 bits per heavy atom. The van der Waals surface area contributed by atoms with Crippen molar-refractivity contribution in [3.05, 3.63) is 12.2 Å². The van der Waals surface area contributed by atoms with Crippen LogP contribution < -0.4 is 0 Å². The van der Waals surface area contributed by atoms with Gasteiger partial charge >= 0.3 is 0 Å². The Hall–Kier alpha value is -0.900. The zero-order chi connectivity index (χ0) is 9.97. The first-order chi connectivity index (χ1) is 6.83. The van der Waals surface area contributed by atoms with Crippen molar-refractivity contribution >= 4 is 0 Å². The highest BCUT2D eigenvalue weighted by atomic mass is 16.3. The standard InChI is InChI=1S/C10H17N3O/c1-8-4-2-3-5-9(8)13-7-11-12-10(13)6-14/h7-9,14H,2-6H2,1H3. The van der Waals surface area contributed by atoms with Crippen molar-refractivity contribution in [2.75, 3.05) is 0 Å². The first kappa shape index (κ1) is 9.65. The van der Waals surface area contributed by atoms with E-state index in [0.29, 0.717) is 17.8 Å². The molecule has 1 N–H and O–H groups in total. The summed E-state index contributed by atoms with van der Waals surface area (Å²) >= 11 is 0. The van der Waals surface area contributed by atoms with Crippen molar-refractivity contribution in [2.45, 2.75) is 45.3 Å². The molecule has 4 heteroatoms. The fourth-order valence-corrected chi connectivity index (χ4v) is 2.37. The van der Waals surface area contributed by atoms with Gasteiger partial charge in [-0.15, -0.1) is 10.2 Å². The average molecular weight is 195 g/mol. The van der Waals surface area contributed by atoms with Crippen LogP contribution in [0.5, 0.6) is 0 Å². The molecule has 1 fully saturated rings. The van der Waals surface area contributed by atoms with Crippen LogP contribution in [0.3, 0.4) is 0 Å². The maximum atomic E-state index is 9.10. The summed E-state index contributed by atoms with van der Waals surface area (Å²) < 4.78 is 2.05. The van der Waals surface area contributed by atoms with E-state index in [4.69, 9.17) is 5.11 Å². The fourth-order valence-electron chi connectivity index (χ4n) is 2.37. The summed E-state index contributed by atoms with van der Waals surface area (Å²) in [6, 6.07) is 0.487. The van der Waals surface area contributed by atoms with Crippen molar-refractivity contribution in [3.8, 4) is 0 Å². The molecule has 4 nitrogen and oxygen atoms in total. The smallest absolute Gasteiger partial charge is 0.158 e. The summed E-state index contributed by atoms with van der Waals surface area (Å²) in [6.45, 7) is 2.26. The number of rotatable bonds is 2. The highest BCUT2D eigenvalue weighted by Crippen LogP contribution is 2.33. The van der Waals surface area contributed by atoms with E-state index in [1.807, 2.05) is 4.57 Å². The third-order valence-corrected chi connectivity index (χ3v) is 3.21. The van der Waals surface area contributed by atoms with Crippen molar-refractivity contribution in [1.29, 1.82) is 0 Å². The Bertz CT molecular complexity index is 297. The van der Waals surface area contributed by atoms with E-state index >= 15 is 0 Å². The second-order valence-corrected chi connectivity index (χ2v) is 4.14. The van der Waals surface area contributed by atoms with Crippen molar-refractivity contribution in [1.82, 2.24) is 14.8 Å². The van der Waals surface area contributed by atoms with Gasteiger partial charge in [0, 0.05) is 6.04 Å². The van der Waals surface area contributed by atoms with E-state index in [1.54, 1.807) is 6.33 Å². The third kappa shape index (κ3) is 1.66. The molecule has 2 unspecified atom stereocenters. The molecule has 0 bridgehead atoms. The van der Waals surface area contributed by atoms with Crippen LogP contribution in [0.15, 0.2) is 6.33 Å². The lowest BCUT2D eigenvalue weighted by atomic mass is 9.86. The number of aromatic nitrogens is 3. The average Bonchev–Trinajstić information content (AvgIpc) is 2.66. The summed E-state index contributed by atoms with van der Waals surface area (Å²) in [4.78, 5) is 0. The van der Waals surface area contributed by atoms with Gasteiger partial charge < -0.3 is 9.67 Å². The normalized spacial score (nSPS) is 27.9. The SMILES string of the molecule is CC1CCCCC1n1cnnc1CO. The Labute approximate surface area is 84.0 Å². The summed E-state index contributed by atoms with van der Waals surface area (Å²) in [5.41, 5.74) is 0. The van der Waals surface area contributed by atoms with Gasteiger partial charge in [-0.25, -0.2) is 0 Å². The van der Waals surface area contributed by atoms with E-state index in [0.717, 1.165) is 0 Å². The zero-order valence-electron chi connectivity index (χ0n) is 8.56. The molecule has 1 saturated carbocycles. The molecule has 14 heavy (non-hydrogen) atoms. The van der Waals surface area contributed by atoms with Gasteiger partial charge in [0.15, 0.2) is 5.82 Å². The van der Waals surface area contributed by atoms with Crippen LogP contribution >= 0.6 is 0 Å². The molecule has 2 rings (SSSR count). The zero-order valence-corrected chi connectivity index (χ0v) is 8.56. The van der Waals surface area contributed by atoms with Gasteiger partial charge in [-0.05, 0) is 18.8 Å². The van der Waals surface area contributed by atoms with Crippen LogP contribution in [0.1, 0.15) is 44.5 Å². The minimum atomic E-state index is -0.0107. The molecule has 1 aromatic heterocycles. The Morgan fingerprint density at radius 3 is 3.00 bits per heavy atom. The van der Waals surface area contributed by atoms with E-state index in [1.165, 1.54) is 25.7 Å². The molecule has 1 heterocycles. The quantitative estimate of drug-likeness (QED) is 0.778. The van der Waals surface area contributed by atoms with Crippen molar-refractivity contribution in [2.24, 2.45) is 5.92 Å². The first-order valence-electron chi connectivity index (χ1n) is 5.32. The highest BCUT2D eigenvalue weighted by molar-refractivity contribution is 4.90. The monoisotopic (exact) mass is 195 g/mol. The topological polar surface area (TPSA) is 50.9 Å². The molecule has 1 aliphatic carbocycles. The van der Waals surface area contributed by atoms with Gasteiger partial charge in [0.25, 0.3) is 0 Å². The largest absolute Gasteiger partial charge is 0.388 e. The Kier molecular flexibility index (Phi) is 2.82. The van der Waals surface area contributed by atoms with Crippen LogP contribution in [-0.2, 0) is 6.61 Å². The molecule has 0 amide bonds. The molecule has 0 radical (unpaired) electrons.